The van der Waals surface area contributed by atoms with Gasteiger partial charge in [0.15, 0.2) is 0 Å². The number of rotatable bonds is 6. The Morgan fingerprint density at radius 1 is 1.18 bits per heavy atom. The fourth-order valence-electron chi connectivity index (χ4n) is 1.78. The summed E-state index contributed by atoms with van der Waals surface area (Å²) in [5.41, 5.74) is 0.881. The van der Waals surface area contributed by atoms with Crippen molar-refractivity contribution < 1.29 is 23.1 Å². The summed E-state index contributed by atoms with van der Waals surface area (Å²) in [6.45, 7) is 5.41. The van der Waals surface area contributed by atoms with Crippen LogP contribution in [-0.2, 0) is 14.8 Å². The number of carbonyl (C=O) groups excluding carboxylic acids is 1. The zero-order valence-electron chi connectivity index (χ0n) is 12.7. The van der Waals surface area contributed by atoms with Crippen molar-refractivity contribution in [1.29, 1.82) is 0 Å². The summed E-state index contributed by atoms with van der Waals surface area (Å²) in [4.78, 5) is 22.7. The Labute approximate surface area is 129 Å². The molecule has 0 spiro atoms. The molecule has 1 aromatic carbocycles. The lowest BCUT2D eigenvalue weighted by Crippen LogP contribution is -2.48. The highest BCUT2D eigenvalue weighted by atomic mass is 32.2. The number of aryl methyl sites for hydroxylation is 1. The van der Waals surface area contributed by atoms with Gasteiger partial charge in [0.1, 0.15) is 6.04 Å². The van der Waals surface area contributed by atoms with E-state index in [1.54, 1.807) is 32.9 Å². The summed E-state index contributed by atoms with van der Waals surface area (Å²) < 4.78 is 25.8. The monoisotopic (exact) mass is 328 g/mol. The number of amides is 2. The van der Waals surface area contributed by atoms with Gasteiger partial charge in [-0.25, -0.2) is 22.7 Å². The van der Waals surface area contributed by atoms with Crippen LogP contribution in [0.3, 0.4) is 0 Å². The minimum absolute atomic E-state index is 0.0371. The molecule has 0 bridgehead atoms. The summed E-state index contributed by atoms with van der Waals surface area (Å²) in [6.07, 6.45) is 0.202. The van der Waals surface area contributed by atoms with Crippen molar-refractivity contribution in [2.45, 2.75) is 38.1 Å². The normalized spacial score (nSPS) is 12.7. The molecule has 0 unspecified atom stereocenters. The fourth-order valence-corrected chi connectivity index (χ4v) is 2.69. The van der Waals surface area contributed by atoms with Crippen LogP contribution in [-0.4, -0.2) is 31.6 Å². The summed E-state index contributed by atoms with van der Waals surface area (Å²) in [5.74, 6) is -1.17. The lowest BCUT2D eigenvalue weighted by molar-refractivity contribution is -0.139. The summed E-state index contributed by atoms with van der Waals surface area (Å²) in [7, 11) is -4.03. The second kappa shape index (κ2) is 7.26. The molecular formula is C14H20N2O5S. The number of carboxylic acids is 1. The van der Waals surface area contributed by atoms with E-state index in [1.807, 2.05) is 4.72 Å². The second-order valence-corrected chi connectivity index (χ2v) is 7.09. The van der Waals surface area contributed by atoms with E-state index in [0.29, 0.717) is 0 Å². The molecule has 1 atom stereocenters. The number of hydrogen-bond donors (Lipinski definition) is 3. The smallest absolute Gasteiger partial charge is 0.329 e. The van der Waals surface area contributed by atoms with Gasteiger partial charge in [-0.1, -0.05) is 31.5 Å². The first-order valence-corrected chi connectivity index (χ1v) is 8.23. The molecule has 0 radical (unpaired) electrons. The number of nitrogens with one attached hydrogen (secondary N) is 2. The van der Waals surface area contributed by atoms with Crippen molar-refractivity contribution >= 4 is 22.0 Å². The molecule has 0 saturated heterocycles. The molecule has 0 aromatic heterocycles. The lowest BCUT2D eigenvalue weighted by Gasteiger charge is -2.17. The molecule has 0 saturated carbocycles. The van der Waals surface area contributed by atoms with E-state index in [0.717, 1.165) is 5.56 Å². The van der Waals surface area contributed by atoms with Crippen LogP contribution in [0.5, 0.6) is 0 Å². The van der Waals surface area contributed by atoms with Crippen LogP contribution in [0.15, 0.2) is 29.2 Å². The molecule has 7 nitrogen and oxygen atoms in total. The van der Waals surface area contributed by atoms with Crippen LogP contribution in [0.4, 0.5) is 4.79 Å². The van der Waals surface area contributed by atoms with Crippen LogP contribution in [0.2, 0.25) is 0 Å². The average molecular weight is 328 g/mol. The molecule has 3 N–H and O–H groups in total. The largest absolute Gasteiger partial charge is 0.480 e. The Bertz CT molecular complexity index is 638. The minimum atomic E-state index is -4.03. The molecule has 0 heterocycles. The topological polar surface area (TPSA) is 113 Å². The van der Waals surface area contributed by atoms with Gasteiger partial charge in [-0.2, -0.15) is 0 Å². The van der Waals surface area contributed by atoms with Crippen LogP contribution in [0.1, 0.15) is 25.8 Å². The Kier molecular flexibility index (Phi) is 5.92. The quantitative estimate of drug-likeness (QED) is 0.732. The van der Waals surface area contributed by atoms with Crippen LogP contribution in [0, 0.1) is 12.8 Å². The predicted molar refractivity (Wildman–Crippen MR) is 80.9 cm³/mol. The molecule has 0 aliphatic rings. The van der Waals surface area contributed by atoms with Gasteiger partial charge in [-0.15, -0.1) is 0 Å². The Balaban J connectivity index is 2.78. The molecule has 2 amide bonds. The van der Waals surface area contributed by atoms with E-state index >= 15 is 0 Å². The maximum Gasteiger partial charge on any atom is 0.329 e. The first kappa shape index (κ1) is 18.0. The Hall–Kier alpha value is -2.09. The van der Waals surface area contributed by atoms with Crippen molar-refractivity contribution in [2.24, 2.45) is 5.92 Å². The molecule has 1 rings (SSSR count). The molecule has 122 valence electrons. The number of benzene rings is 1. The molecule has 8 heteroatoms. The zero-order valence-corrected chi connectivity index (χ0v) is 13.5. The van der Waals surface area contributed by atoms with Gasteiger partial charge in [0.25, 0.3) is 10.0 Å². The van der Waals surface area contributed by atoms with Gasteiger partial charge in [0.2, 0.25) is 0 Å². The van der Waals surface area contributed by atoms with Gasteiger partial charge < -0.3 is 10.4 Å². The number of carboxylic acid groups (broad SMARTS) is 1. The van der Waals surface area contributed by atoms with E-state index in [9.17, 15) is 18.0 Å². The highest BCUT2D eigenvalue weighted by Gasteiger charge is 2.24. The van der Waals surface area contributed by atoms with Gasteiger partial charge in [-0.05, 0) is 31.4 Å². The van der Waals surface area contributed by atoms with Gasteiger partial charge in [0, 0.05) is 0 Å². The molecule has 22 heavy (non-hydrogen) atoms. The Morgan fingerprint density at radius 2 is 1.73 bits per heavy atom. The van der Waals surface area contributed by atoms with Gasteiger partial charge in [0.05, 0.1) is 4.90 Å². The number of hydrogen-bond acceptors (Lipinski definition) is 4. The van der Waals surface area contributed by atoms with Gasteiger partial charge >= 0.3 is 12.0 Å². The maximum atomic E-state index is 12.0. The zero-order chi connectivity index (χ0) is 16.9. The Morgan fingerprint density at radius 3 is 2.18 bits per heavy atom. The van der Waals surface area contributed by atoms with E-state index in [2.05, 4.69) is 5.32 Å². The van der Waals surface area contributed by atoms with Crippen LogP contribution < -0.4 is 10.0 Å². The van der Waals surface area contributed by atoms with Crippen LogP contribution >= 0.6 is 0 Å². The van der Waals surface area contributed by atoms with Crippen LogP contribution in [0.25, 0.3) is 0 Å². The first-order valence-electron chi connectivity index (χ1n) is 6.74. The molecule has 1 aromatic rings. The summed E-state index contributed by atoms with van der Waals surface area (Å²) in [5, 5.41) is 11.2. The number of carbonyl (C=O) groups is 2. The fraction of sp³-hybridized carbons (Fsp3) is 0.429. The molecule has 0 aliphatic carbocycles. The average Bonchev–Trinajstić information content (AvgIpc) is 2.37. The second-order valence-electron chi connectivity index (χ2n) is 5.41. The van der Waals surface area contributed by atoms with Crippen molar-refractivity contribution in [1.82, 2.24) is 10.0 Å². The highest BCUT2D eigenvalue weighted by molar-refractivity contribution is 7.90. The van der Waals surface area contributed by atoms with Crippen molar-refractivity contribution in [3.63, 3.8) is 0 Å². The van der Waals surface area contributed by atoms with Crippen molar-refractivity contribution in [3.05, 3.63) is 29.8 Å². The summed E-state index contributed by atoms with van der Waals surface area (Å²) in [6, 6.07) is 3.74. The first-order chi connectivity index (χ1) is 10.1. The summed E-state index contributed by atoms with van der Waals surface area (Å²) >= 11 is 0. The lowest BCUT2D eigenvalue weighted by atomic mass is 10.0. The predicted octanol–water partition coefficient (Wildman–Crippen LogP) is 1.48. The van der Waals surface area contributed by atoms with Crippen molar-refractivity contribution in [2.75, 3.05) is 0 Å². The molecular weight excluding hydrogens is 308 g/mol. The third-order valence-corrected chi connectivity index (χ3v) is 4.22. The number of urea groups is 1. The standard InChI is InChI=1S/C14H20N2O5S/c1-9(2)8-12(13(17)18)15-14(19)16-22(20,21)11-6-4-10(3)5-7-11/h4-7,9,12H,8H2,1-3H3,(H,17,18)(H2,15,16,19)/t12-/m0/s1. The van der Waals surface area contributed by atoms with E-state index in [4.69, 9.17) is 5.11 Å². The highest BCUT2D eigenvalue weighted by Crippen LogP contribution is 2.10. The SMILES string of the molecule is Cc1ccc(S(=O)(=O)NC(=O)N[C@@H](CC(C)C)C(=O)O)cc1. The minimum Gasteiger partial charge on any atom is -0.480 e. The molecule has 0 fully saturated rings. The van der Waals surface area contributed by atoms with E-state index < -0.39 is 28.1 Å². The third-order valence-electron chi connectivity index (χ3n) is 2.87. The van der Waals surface area contributed by atoms with Crippen molar-refractivity contribution in [3.8, 4) is 0 Å². The third kappa shape index (κ3) is 5.36. The van der Waals surface area contributed by atoms with E-state index in [1.165, 1.54) is 12.1 Å². The number of aliphatic carboxylic acids is 1. The number of sulfonamides is 1. The maximum absolute atomic E-state index is 12.0. The molecule has 0 aliphatic heterocycles. The van der Waals surface area contributed by atoms with Gasteiger partial charge in [-0.3, -0.25) is 0 Å². The van der Waals surface area contributed by atoms with E-state index in [-0.39, 0.29) is 17.2 Å².